The van der Waals surface area contributed by atoms with E-state index in [1.54, 1.807) is 13.2 Å². The third kappa shape index (κ3) is 6.41. The summed E-state index contributed by atoms with van der Waals surface area (Å²) in [6.07, 6.45) is 8.70. The van der Waals surface area contributed by atoms with E-state index >= 15 is 0 Å². The Balaban J connectivity index is 1.97. The summed E-state index contributed by atoms with van der Waals surface area (Å²) in [5.74, 6) is 0.597. The predicted octanol–water partition coefficient (Wildman–Crippen LogP) is 3.17. The molecular formula is C19H26N4O2. The van der Waals surface area contributed by atoms with Gasteiger partial charge >= 0.3 is 0 Å². The number of hydrogen-bond donors (Lipinski definition) is 2. The molecule has 0 spiro atoms. The van der Waals surface area contributed by atoms with E-state index < -0.39 is 0 Å². The number of benzene rings is 1. The van der Waals surface area contributed by atoms with Gasteiger partial charge in [0.25, 0.3) is 5.91 Å². The third-order valence-corrected chi connectivity index (χ3v) is 4.11. The van der Waals surface area contributed by atoms with Crippen LogP contribution in [0, 0.1) is 0 Å². The van der Waals surface area contributed by atoms with Gasteiger partial charge in [-0.1, -0.05) is 25.3 Å². The van der Waals surface area contributed by atoms with Crippen molar-refractivity contribution in [3.8, 4) is 5.75 Å². The van der Waals surface area contributed by atoms with Crippen molar-refractivity contribution in [2.45, 2.75) is 38.1 Å². The molecule has 0 unspecified atom stereocenters. The highest BCUT2D eigenvalue weighted by atomic mass is 16.5. The SMILES string of the molecule is C=N/C=C\C(=N/CNc1cccc(OC)c1)C(=O)NC1CCCCC1. The van der Waals surface area contributed by atoms with Gasteiger partial charge in [-0.05, 0) is 37.8 Å². The molecule has 1 saturated carbocycles. The van der Waals surface area contributed by atoms with Crippen LogP contribution >= 0.6 is 0 Å². The molecule has 1 fully saturated rings. The van der Waals surface area contributed by atoms with Gasteiger partial charge in [0.1, 0.15) is 18.1 Å². The fourth-order valence-corrected chi connectivity index (χ4v) is 2.78. The van der Waals surface area contributed by atoms with Gasteiger partial charge in [-0.25, -0.2) is 0 Å². The van der Waals surface area contributed by atoms with Gasteiger partial charge in [-0.15, -0.1) is 0 Å². The van der Waals surface area contributed by atoms with Gasteiger partial charge in [0.05, 0.1) is 7.11 Å². The fourth-order valence-electron chi connectivity index (χ4n) is 2.78. The zero-order valence-electron chi connectivity index (χ0n) is 14.7. The first kappa shape index (κ1) is 18.7. The minimum absolute atomic E-state index is 0.167. The zero-order valence-corrected chi connectivity index (χ0v) is 14.7. The topological polar surface area (TPSA) is 75.1 Å². The molecule has 6 heteroatoms. The zero-order chi connectivity index (χ0) is 17.9. The quantitative estimate of drug-likeness (QED) is 0.713. The number of aliphatic imine (C=N–C) groups is 2. The van der Waals surface area contributed by atoms with E-state index in [9.17, 15) is 4.79 Å². The summed E-state index contributed by atoms with van der Waals surface area (Å²) in [4.78, 5) is 20.5. The van der Waals surface area contributed by atoms with E-state index in [0.717, 1.165) is 24.3 Å². The van der Waals surface area contributed by atoms with E-state index in [4.69, 9.17) is 4.74 Å². The number of carbonyl (C=O) groups is 1. The van der Waals surface area contributed by atoms with Crippen LogP contribution in [-0.4, -0.2) is 38.2 Å². The number of anilines is 1. The normalized spacial score (nSPS) is 15.8. The number of amides is 1. The summed E-state index contributed by atoms with van der Waals surface area (Å²) in [6, 6.07) is 7.79. The highest BCUT2D eigenvalue weighted by Gasteiger charge is 2.17. The van der Waals surface area contributed by atoms with Crippen molar-refractivity contribution in [1.29, 1.82) is 0 Å². The molecule has 2 rings (SSSR count). The molecule has 0 aliphatic heterocycles. The van der Waals surface area contributed by atoms with Crippen molar-refractivity contribution in [2.24, 2.45) is 9.98 Å². The Hall–Kier alpha value is -2.63. The first-order chi connectivity index (χ1) is 12.2. The predicted molar refractivity (Wildman–Crippen MR) is 103 cm³/mol. The minimum Gasteiger partial charge on any atom is -0.497 e. The molecule has 1 aliphatic carbocycles. The van der Waals surface area contributed by atoms with Gasteiger partial charge in [0.15, 0.2) is 0 Å². The first-order valence-electron chi connectivity index (χ1n) is 8.58. The van der Waals surface area contributed by atoms with Crippen LogP contribution in [0.4, 0.5) is 5.69 Å². The van der Waals surface area contributed by atoms with Gasteiger partial charge in [0, 0.05) is 24.0 Å². The standard InChI is InChI=1S/C19H26N4O2/c1-20-12-11-18(19(24)23-15-7-4-3-5-8-15)22-14-21-16-9-6-10-17(13-16)25-2/h6,9-13,15,21H,1,3-5,7-8,14H2,2H3,(H,23,24)/b12-11-,22-18+. The molecule has 0 saturated heterocycles. The maximum Gasteiger partial charge on any atom is 0.269 e. The molecule has 2 N–H and O–H groups in total. The second-order valence-electron chi connectivity index (χ2n) is 5.92. The lowest BCUT2D eigenvalue weighted by Crippen LogP contribution is -2.40. The molecule has 0 atom stereocenters. The molecule has 0 aromatic heterocycles. The molecule has 6 nitrogen and oxygen atoms in total. The van der Waals surface area contributed by atoms with E-state index in [1.165, 1.54) is 25.5 Å². The highest BCUT2D eigenvalue weighted by Crippen LogP contribution is 2.18. The Kier molecular flexibility index (Phi) is 7.69. The average molecular weight is 342 g/mol. The highest BCUT2D eigenvalue weighted by molar-refractivity contribution is 6.43. The van der Waals surface area contributed by atoms with E-state index in [-0.39, 0.29) is 18.6 Å². The Morgan fingerprint density at radius 2 is 2.16 bits per heavy atom. The Morgan fingerprint density at radius 3 is 2.88 bits per heavy atom. The summed E-state index contributed by atoms with van der Waals surface area (Å²) in [6.45, 7) is 3.68. The molecule has 25 heavy (non-hydrogen) atoms. The maximum atomic E-state index is 12.5. The van der Waals surface area contributed by atoms with Gasteiger partial charge in [0.2, 0.25) is 0 Å². The second kappa shape index (κ2) is 10.3. The Labute approximate surface area is 149 Å². The summed E-state index contributed by atoms with van der Waals surface area (Å²) in [7, 11) is 1.62. The molecular weight excluding hydrogens is 316 g/mol. The molecule has 1 aromatic carbocycles. The monoisotopic (exact) mass is 342 g/mol. The molecule has 1 amide bonds. The maximum absolute atomic E-state index is 12.5. The Morgan fingerprint density at radius 1 is 1.36 bits per heavy atom. The van der Waals surface area contributed by atoms with Crippen LogP contribution in [0.5, 0.6) is 5.75 Å². The summed E-state index contributed by atoms with van der Waals surface area (Å²) < 4.78 is 5.19. The number of methoxy groups -OCH3 is 1. The Bertz CT molecular complexity index is 634. The van der Waals surface area contributed by atoms with E-state index in [1.807, 2.05) is 24.3 Å². The van der Waals surface area contributed by atoms with Crippen LogP contribution in [0.15, 0.2) is 46.5 Å². The van der Waals surface area contributed by atoms with Crippen molar-refractivity contribution >= 4 is 24.0 Å². The summed E-state index contributed by atoms with van der Waals surface area (Å²) in [5.41, 5.74) is 1.22. The average Bonchev–Trinajstić information content (AvgIpc) is 2.65. The number of rotatable bonds is 8. The van der Waals surface area contributed by atoms with Crippen molar-refractivity contribution in [3.63, 3.8) is 0 Å². The lowest BCUT2D eigenvalue weighted by molar-refractivity contribution is -0.115. The number of carbonyl (C=O) groups excluding carboxylic acids is 1. The third-order valence-electron chi connectivity index (χ3n) is 4.11. The van der Waals surface area contributed by atoms with Crippen LogP contribution in [0.3, 0.4) is 0 Å². The lowest BCUT2D eigenvalue weighted by atomic mass is 9.95. The molecule has 134 valence electrons. The molecule has 1 aliphatic rings. The van der Waals surface area contributed by atoms with Crippen LogP contribution < -0.4 is 15.4 Å². The van der Waals surface area contributed by atoms with Crippen LogP contribution in [0.25, 0.3) is 0 Å². The second-order valence-corrected chi connectivity index (χ2v) is 5.92. The van der Waals surface area contributed by atoms with E-state index in [0.29, 0.717) is 5.71 Å². The van der Waals surface area contributed by atoms with Gasteiger partial charge < -0.3 is 15.4 Å². The van der Waals surface area contributed by atoms with Crippen LogP contribution in [0.1, 0.15) is 32.1 Å². The number of hydrogen-bond acceptors (Lipinski definition) is 5. The van der Waals surface area contributed by atoms with E-state index in [2.05, 4.69) is 27.3 Å². The van der Waals surface area contributed by atoms with Gasteiger partial charge in [-0.2, -0.15) is 0 Å². The van der Waals surface area contributed by atoms with Gasteiger partial charge in [-0.3, -0.25) is 14.8 Å². The smallest absolute Gasteiger partial charge is 0.269 e. The van der Waals surface area contributed by atoms with Crippen molar-refractivity contribution < 1.29 is 9.53 Å². The summed E-state index contributed by atoms with van der Waals surface area (Å²) >= 11 is 0. The van der Waals surface area contributed by atoms with Crippen molar-refractivity contribution in [1.82, 2.24) is 5.32 Å². The van der Waals surface area contributed by atoms with Crippen molar-refractivity contribution in [2.75, 3.05) is 19.1 Å². The molecule has 1 aromatic rings. The lowest BCUT2D eigenvalue weighted by Gasteiger charge is -2.22. The van der Waals surface area contributed by atoms with Crippen LogP contribution in [0.2, 0.25) is 0 Å². The van der Waals surface area contributed by atoms with Crippen LogP contribution in [-0.2, 0) is 4.79 Å². The summed E-state index contributed by atoms with van der Waals surface area (Å²) in [5, 5.41) is 6.22. The molecule has 0 bridgehead atoms. The largest absolute Gasteiger partial charge is 0.497 e. The molecule has 0 heterocycles. The first-order valence-corrected chi connectivity index (χ1v) is 8.58. The number of nitrogens with one attached hydrogen (secondary N) is 2. The molecule has 0 radical (unpaired) electrons. The fraction of sp³-hybridized carbons (Fsp3) is 0.421. The van der Waals surface area contributed by atoms with Crippen molar-refractivity contribution in [3.05, 3.63) is 36.5 Å². The number of nitrogens with zero attached hydrogens (tertiary/aromatic N) is 2. The number of ether oxygens (including phenoxy) is 1. The minimum atomic E-state index is -0.167.